The van der Waals surface area contributed by atoms with E-state index >= 15 is 0 Å². The van der Waals surface area contributed by atoms with Gasteiger partial charge >= 0.3 is 0 Å². The van der Waals surface area contributed by atoms with Gasteiger partial charge in [0.05, 0.1) is 0 Å². The molecule has 76 valence electrons. The molecule has 0 amide bonds. The molecule has 4 N–H and O–H groups in total. The molecule has 0 spiro atoms. The number of thiocyanates is 1. The molecule has 0 aromatic heterocycles. The molecule has 0 bridgehead atoms. The standard InChI is InChI=1S/C6H14N3OPS2/c1-2-6(12-5-7)3-4-13-11(8,9)10/h6H,2-4H2,1H3,(H4,8,9,10). The number of nitrogens with zero attached hydrogens (tertiary/aromatic N) is 1. The first kappa shape index (κ1) is 13.3. The summed E-state index contributed by atoms with van der Waals surface area (Å²) in [6, 6.07) is 0. The maximum Gasteiger partial charge on any atom is 0.261 e. The first-order valence-electron chi connectivity index (χ1n) is 3.86. The Kier molecular flexibility index (Phi) is 6.92. The molecule has 0 radical (unpaired) electrons. The predicted octanol–water partition coefficient (Wildman–Crippen LogP) is 2.13. The molecule has 0 saturated heterocycles. The summed E-state index contributed by atoms with van der Waals surface area (Å²) in [5.41, 5.74) is 10.3. The van der Waals surface area contributed by atoms with Gasteiger partial charge in [0.2, 0.25) is 0 Å². The van der Waals surface area contributed by atoms with Crippen LogP contribution in [0.3, 0.4) is 0 Å². The quantitative estimate of drug-likeness (QED) is 0.544. The number of rotatable bonds is 6. The third kappa shape index (κ3) is 8.66. The van der Waals surface area contributed by atoms with Gasteiger partial charge in [-0.15, -0.1) is 0 Å². The van der Waals surface area contributed by atoms with Crippen molar-refractivity contribution in [2.75, 3.05) is 5.75 Å². The molecule has 0 fully saturated rings. The molecule has 0 aliphatic rings. The van der Waals surface area contributed by atoms with Gasteiger partial charge < -0.3 is 0 Å². The lowest BCUT2D eigenvalue weighted by Gasteiger charge is -2.10. The van der Waals surface area contributed by atoms with E-state index in [1.54, 1.807) is 0 Å². The van der Waals surface area contributed by atoms with Crippen LogP contribution in [0.15, 0.2) is 0 Å². The number of hydrogen-bond donors (Lipinski definition) is 2. The minimum absolute atomic E-state index is 0.295. The van der Waals surface area contributed by atoms with Crippen molar-refractivity contribution in [1.29, 1.82) is 5.26 Å². The molecule has 0 rings (SSSR count). The summed E-state index contributed by atoms with van der Waals surface area (Å²) in [6.45, 7) is -0.909. The van der Waals surface area contributed by atoms with Crippen LogP contribution in [0, 0.1) is 10.7 Å². The Morgan fingerprint density at radius 3 is 2.62 bits per heavy atom. The minimum atomic E-state index is -2.93. The molecule has 13 heavy (non-hydrogen) atoms. The highest BCUT2D eigenvalue weighted by Gasteiger charge is 2.11. The van der Waals surface area contributed by atoms with Crippen LogP contribution in [0.25, 0.3) is 0 Å². The Balaban J connectivity index is 3.62. The van der Waals surface area contributed by atoms with Crippen LogP contribution in [0.1, 0.15) is 19.8 Å². The maximum atomic E-state index is 10.9. The number of nitriles is 1. The molecule has 7 heteroatoms. The van der Waals surface area contributed by atoms with Crippen LogP contribution >= 0.6 is 29.8 Å². The first-order valence-corrected chi connectivity index (χ1v) is 8.17. The van der Waals surface area contributed by atoms with E-state index in [-0.39, 0.29) is 0 Å². The normalized spacial score (nSPS) is 13.7. The van der Waals surface area contributed by atoms with Gasteiger partial charge in [-0.05, 0) is 24.6 Å². The van der Waals surface area contributed by atoms with Crippen LogP contribution in [0.5, 0.6) is 0 Å². The molecule has 0 aromatic carbocycles. The lowest BCUT2D eigenvalue weighted by atomic mass is 10.3. The fourth-order valence-electron chi connectivity index (χ4n) is 0.748. The summed E-state index contributed by atoms with van der Waals surface area (Å²) < 4.78 is 10.9. The number of thioether (sulfide) groups is 1. The highest BCUT2D eigenvalue weighted by atomic mass is 32.7. The molecule has 1 unspecified atom stereocenters. The van der Waals surface area contributed by atoms with Crippen molar-refractivity contribution in [3.05, 3.63) is 0 Å². The van der Waals surface area contributed by atoms with E-state index in [1.807, 2.05) is 12.3 Å². The van der Waals surface area contributed by atoms with Gasteiger partial charge in [0.1, 0.15) is 5.40 Å². The van der Waals surface area contributed by atoms with Crippen molar-refractivity contribution in [3.8, 4) is 5.40 Å². The van der Waals surface area contributed by atoms with Crippen molar-refractivity contribution in [1.82, 2.24) is 0 Å². The van der Waals surface area contributed by atoms with Crippen LogP contribution in [0.2, 0.25) is 0 Å². The average molecular weight is 239 g/mol. The lowest BCUT2D eigenvalue weighted by molar-refractivity contribution is 0.586. The Morgan fingerprint density at radius 2 is 2.23 bits per heavy atom. The second-order valence-corrected chi connectivity index (χ2v) is 8.04. The molecule has 0 aromatic rings. The summed E-state index contributed by atoms with van der Waals surface area (Å²) in [4.78, 5) is 0. The average Bonchev–Trinajstić information content (AvgIpc) is 2.01. The van der Waals surface area contributed by atoms with E-state index in [9.17, 15) is 4.57 Å². The van der Waals surface area contributed by atoms with Crippen molar-refractivity contribution in [2.24, 2.45) is 11.0 Å². The molecule has 0 aliphatic carbocycles. The Bertz CT molecular complexity index is 224. The summed E-state index contributed by atoms with van der Waals surface area (Å²) >= 11 is 2.34. The second kappa shape index (κ2) is 6.74. The maximum absolute atomic E-state index is 10.9. The minimum Gasteiger partial charge on any atom is -0.277 e. The van der Waals surface area contributed by atoms with Gasteiger partial charge in [-0.2, -0.15) is 5.26 Å². The van der Waals surface area contributed by atoms with Crippen molar-refractivity contribution in [2.45, 2.75) is 25.0 Å². The fourth-order valence-corrected chi connectivity index (χ4v) is 3.30. The van der Waals surface area contributed by atoms with Gasteiger partial charge in [-0.25, -0.2) is 0 Å². The van der Waals surface area contributed by atoms with E-state index < -0.39 is 6.65 Å². The predicted molar refractivity (Wildman–Crippen MR) is 60.3 cm³/mol. The van der Waals surface area contributed by atoms with Crippen LogP contribution in [-0.4, -0.2) is 11.0 Å². The first-order chi connectivity index (χ1) is 5.99. The molecule has 0 saturated carbocycles. The van der Waals surface area contributed by atoms with E-state index in [4.69, 9.17) is 16.3 Å². The summed E-state index contributed by atoms with van der Waals surface area (Å²) in [6.07, 6.45) is 1.75. The zero-order valence-electron chi connectivity index (χ0n) is 7.47. The monoisotopic (exact) mass is 239 g/mol. The lowest BCUT2D eigenvalue weighted by Crippen LogP contribution is -2.05. The Hall–Kier alpha value is 0.340. The summed E-state index contributed by atoms with van der Waals surface area (Å²) in [7, 11) is 0. The largest absolute Gasteiger partial charge is 0.277 e. The van der Waals surface area contributed by atoms with Crippen LogP contribution < -0.4 is 11.0 Å². The van der Waals surface area contributed by atoms with Gasteiger partial charge in [0.15, 0.2) is 0 Å². The van der Waals surface area contributed by atoms with Crippen LogP contribution in [0.4, 0.5) is 0 Å². The van der Waals surface area contributed by atoms with Gasteiger partial charge in [-0.3, -0.25) is 15.6 Å². The van der Waals surface area contributed by atoms with Gasteiger partial charge in [0, 0.05) is 11.0 Å². The molecule has 0 aliphatic heterocycles. The topological polar surface area (TPSA) is 92.9 Å². The molecule has 1 atom stereocenters. The van der Waals surface area contributed by atoms with E-state index in [0.29, 0.717) is 11.0 Å². The van der Waals surface area contributed by atoms with Crippen LogP contribution in [-0.2, 0) is 4.57 Å². The SMILES string of the molecule is CCC(CCSP(N)(N)=O)SC#N. The van der Waals surface area contributed by atoms with E-state index in [1.165, 1.54) is 11.8 Å². The molecular formula is C6H14N3OPS2. The third-order valence-electron chi connectivity index (χ3n) is 1.41. The summed E-state index contributed by atoms with van der Waals surface area (Å²) in [5.74, 6) is 0.650. The smallest absolute Gasteiger partial charge is 0.261 e. The molecule has 4 nitrogen and oxygen atoms in total. The number of hydrogen-bond acceptors (Lipinski definition) is 4. The Labute approximate surface area is 87.0 Å². The zero-order valence-corrected chi connectivity index (χ0v) is 10.00. The Morgan fingerprint density at radius 1 is 1.62 bits per heavy atom. The fraction of sp³-hybridized carbons (Fsp3) is 0.833. The van der Waals surface area contributed by atoms with E-state index in [2.05, 4.69) is 0 Å². The zero-order chi connectivity index (χ0) is 10.3. The van der Waals surface area contributed by atoms with Gasteiger partial charge in [-0.1, -0.05) is 18.3 Å². The molecular weight excluding hydrogens is 225 g/mol. The second-order valence-electron chi connectivity index (χ2n) is 2.51. The highest BCUT2D eigenvalue weighted by molar-refractivity contribution is 8.56. The number of nitrogens with two attached hydrogens (primary N) is 2. The third-order valence-corrected chi connectivity index (χ3v) is 5.00. The van der Waals surface area contributed by atoms with Crippen molar-refractivity contribution >= 4 is 29.8 Å². The van der Waals surface area contributed by atoms with Crippen molar-refractivity contribution in [3.63, 3.8) is 0 Å². The molecule has 0 heterocycles. The highest BCUT2D eigenvalue weighted by Crippen LogP contribution is 2.43. The van der Waals surface area contributed by atoms with Gasteiger partial charge in [0.25, 0.3) is 6.65 Å². The van der Waals surface area contributed by atoms with Crippen molar-refractivity contribution < 1.29 is 4.57 Å². The summed E-state index contributed by atoms with van der Waals surface area (Å²) in [5, 5.41) is 10.8. The van der Waals surface area contributed by atoms with E-state index in [0.717, 1.165) is 24.2 Å².